The molecule has 0 fully saturated rings. The van der Waals surface area contributed by atoms with Crippen LogP contribution in [-0.2, 0) is 0 Å². The molecule has 0 unspecified atom stereocenters. The topological polar surface area (TPSA) is 43.6 Å². The lowest BCUT2D eigenvalue weighted by atomic mass is 10.0. The minimum atomic E-state index is -3.48. The van der Waals surface area contributed by atoms with Crippen molar-refractivity contribution in [3.05, 3.63) is 84.4 Å². The van der Waals surface area contributed by atoms with E-state index in [1.165, 1.54) is 18.6 Å². The summed E-state index contributed by atoms with van der Waals surface area (Å²) in [7, 11) is 1.53. The van der Waals surface area contributed by atoms with E-state index in [2.05, 4.69) is 20.9 Å². The number of halogens is 3. The second-order valence-electron chi connectivity index (χ2n) is 7.13. The predicted octanol–water partition coefficient (Wildman–Crippen LogP) is 7.09. The average Bonchev–Trinajstić information content (AvgIpc) is 3.13. The van der Waals surface area contributed by atoms with Crippen LogP contribution in [0.25, 0.3) is 22.2 Å². The van der Waals surface area contributed by atoms with Crippen LogP contribution in [0.2, 0.25) is 0 Å². The van der Waals surface area contributed by atoms with E-state index in [1.54, 1.807) is 72.8 Å². The number of para-hydroxylation sites is 1. The summed E-state index contributed by atoms with van der Waals surface area (Å²) in [4.78, 5) is 13.5. The molecule has 0 saturated carbocycles. The van der Waals surface area contributed by atoms with E-state index in [1.807, 2.05) is 6.07 Å². The van der Waals surface area contributed by atoms with Gasteiger partial charge in [-0.3, -0.25) is 9.36 Å². The van der Waals surface area contributed by atoms with E-state index in [-0.39, 0.29) is 5.78 Å². The molecule has 4 rings (SSSR count). The fraction of sp³-hybridized carbons (Fsp3) is 0.120. The van der Waals surface area contributed by atoms with Gasteiger partial charge in [0.15, 0.2) is 11.6 Å². The maximum absolute atomic E-state index is 15.0. The summed E-state index contributed by atoms with van der Waals surface area (Å²) in [6.45, 7) is 1.44. The predicted molar refractivity (Wildman–Crippen MR) is 127 cm³/mol. The molecule has 0 aliphatic carbocycles. The highest BCUT2D eigenvalue weighted by molar-refractivity contribution is 9.10. The summed E-state index contributed by atoms with van der Waals surface area (Å²) in [6, 6.07) is 22.5. The van der Waals surface area contributed by atoms with Gasteiger partial charge in [-0.25, -0.2) is 4.99 Å². The Morgan fingerprint density at radius 2 is 1.59 bits per heavy atom. The number of aliphatic imine (C=N–C) groups is 1. The van der Waals surface area contributed by atoms with Gasteiger partial charge >= 0.3 is 4.83 Å². The summed E-state index contributed by atoms with van der Waals surface area (Å²) in [6.07, 6.45) is 0. The number of carbonyl (C=O) groups is 1. The molecular formula is C25H19BrF2N2O2. The summed E-state index contributed by atoms with van der Waals surface area (Å²) >= 11 is 2.51. The van der Waals surface area contributed by atoms with Crippen molar-refractivity contribution in [1.82, 2.24) is 4.57 Å². The molecule has 0 bridgehead atoms. The molecule has 0 atom stereocenters. The Hall–Kier alpha value is -3.32. The first-order valence-corrected chi connectivity index (χ1v) is 10.6. The van der Waals surface area contributed by atoms with Gasteiger partial charge < -0.3 is 4.74 Å². The smallest absolute Gasteiger partial charge is 0.358 e. The molecule has 4 nitrogen and oxygen atoms in total. The van der Waals surface area contributed by atoms with Crippen LogP contribution in [0, 0.1) is 0 Å². The van der Waals surface area contributed by atoms with Crippen molar-refractivity contribution in [2.75, 3.05) is 7.11 Å². The molecule has 0 spiro atoms. The molecule has 1 heterocycles. The second kappa shape index (κ2) is 8.67. The first kappa shape index (κ1) is 21.9. The van der Waals surface area contributed by atoms with Crippen LogP contribution in [0.4, 0.5) is 14.5 Å². The third kappa shape index (κ3) is 4.08. The maximum atomic E-state index is 15.0. The fourth-order valence-electron chi connectivity index (χ4n) is 3.70. The number of hydrogen-bond acceptors (Lipinski definition) is 3. The molecule has 0 N–H and O–H groups in total. The quantitative estimate of drug-likeness (QED) is 0.128. The number of benzene rings is 3. The summed E-state index contributed by atoms with van der Waals surface area (Å²) < 4.78 is 36.5. The molecule has 1 aromatic heterocycles. The van der Waals surface area contributed by atoms with Gasteiger partial charge in [0.1, 0.15) is 5.75 Å². The Kier molecular flexibility index (Phi) is 5.93. The molecule has 32 heavy (non-hydrogen) atoms. The minimum absolute atomic E-state index is 0.222. The minimum Gasteiger partial charge on any atom is -0.497 e. The standard InChI is InChI=1S/C25H19BrF2N2O2/c1-16(31)22-20-10-6-7-11-21(20)30(23(22)17-8-4-3-5-9-17)24(25(26,27)28)29-18-12-14-19(32-2)15-13-18/h3-15H,1-2H3. The van der Waals surface area contributed by atoms with Crippen molar-refractivity contribution < 1.29 is 18.3 Å². The molecule has 162 valence electrons. The number of aromatic nitrogens is 1. The Morgan fingerprint density at radius 1 is 0.969 bits per heavy atom. The van der Waals surface area contributed by atoms with Crippen molar-refractivity contribution in [2.24, 2.45) is 4.99 Å². The number of nitrogens with zero attached hydrogens (tertiary/aromatic N) is 2. The number of alkyl halides is 3. The first-order valence-electron chi connectivity index (χ1n) is 9.81. The number of Topliss-reactive ketones (excluding diaryl/α,β-unsaturated/α-hetero) is 1. The van der Waals surface area contributed by atoms with E-state index in [9.17, 15) is 13.6 Å². The number of methoxy groups -OCH3 is 1. The van der Waals surface area contributed by atoms with E-state index in [0.717, 1.165) is 0 Å². The van der Waals surface area contributed by atoms with Gasteiger partial charge in [-0.2, -0.15) is 8.78 Å². The zero-order chi connectivity index (χ0) is 22.9. The highest BCUT2D eigenvalue weighted by Crippen LogP contribution is 2.38. The Labute approximate surface area is 192 Å². The zero-order valence-corrected chi connectivity index (χ0v) is 18.9. The number of ketones is 1. The van der Waals surface area contributed by atoms with Crippen LogP contribution in [0.3, 0.4) is 0 Å². The van der Waals surface area contributed by atoms with E-state index < -0.39 is 10.7 Å². The van der Waals surface area contributed by atoms with Gasteiger partial charge in [-0.15, -0.1) is 0 Å². The summed E-state index contributed by atoms with van der Waals surface area (Å²) in [5.74, 6) is -0.183. The van der Waals surface area contributed by atoms with Crippen LogP contribution >= 0.6 is 15.9 Å². The Balaban J connectivity index is 2.10. The molecule has 0 saturated heterocycles. The lowest BCUT2D eigenvalue weighted by molar-refractivity contribution is 0.101. The maximum Gasteiger partial charge on any atom is 0.358 e. The molecule has 0 aliphatic rings. The van der Waals surface area contributed by atoms with Gasteiger partial charge in [-0.05, 0) is 58.7 Å². The van der Waals surface area contributed by atoms with Gasteiger partial charge in [0.05, 0.1) is 29.6 Å². The largest absolute Gasteiger partial charge is 0.497 e. The van der Waals surface area contributed by atoms with Crippen molar-refractivity contribution in [2.45, 2.75) is 11.8 Å². The van der Waals surface area contributed by atoms with Crippen LogP contribution in [0.5, 0.6) is 5.75 Å². The molecule has 7 heteroatoms. The number of carbonyl (C=O) groups excluding carboxylic acids is 1. The lowest BCUT2D eigenvalue weighted by Crippen LogP contribution is -2.29. The average molecular weight is 497 g/mol. The van der Waals surface area contributed by atoms with E-state index >= 15 is 0 Å². The van der Waals surface area contributed by atoms with Crippen molar-refractivity contribution in [3.8, 4) is 17.0 Å². The number of ether oxygens (including phenoxy) is 1. The molecule has 0 aliphatic heterocycles. The number of rotatable bonds is 5. The molecular weight excluding hydrogens is 478 g/mol. The molecule has 0 radical (unpaired) electrons. The van der Waals surface area contributed by atoms with Gasteiger partial charge in [-0.1, -0.05) is 48.5 Å². The van der Waals surface area contributed by atoms with Crippen molar-refractivity contribution in [1.29, 1.82) is 0 Å². The summed E-state index contributed by atoms with van der Waals surface area (Å²) in [5, 5.41) is 0.582. The Morgan fingerprint density at radius 3 is 2.19 bits per heavy atom. The van der Waals surface area contributed by atoms with Crippen molar-refractivity contribution in [3.63, 3.8) is 0 Å². The number of hydrogen-bond donors (Lipinski definition) is 0. The van der Waals surface area contributed by atoms with Gasteiger partial charge in [0, 0.05) is 5.39 Å². The molecule has 3 aromatic carbocycles. The van der Waals surface area contributed by atoms with Crippen LogP contribution in [0.15, 0.2) is 83.9 Å². The molecule has 4 aromatic rings. The van der Waals surface area contributed by atoms with E-state index in [4.69, 9.17) is 4.74 Å². The van der Waals surface area contributed by atoms with Gasteiger partial charge in [0.25, 0.3) is 0 Å². The van der Waals surface area contributed by atoms with Crippen LogP contribution < -0.4 is 4.74 Å². The lowest BCUT2D eigenvalue weighted by Gasteiger charge is -2.18. The normalized spacial score (nSPS) is 12.2. The zero-order valence-electron chi connectivity index (χ0n) is 17.4. The third-order valence-corrected chi connectivity index (χ3v) is 5.40. The van der Waals surface area contributed by atoms with E-state index in [0.29, 0.717) is 39.2 Å². The SMILES string of the molecule is COc1ccc(N=C(n2c(-c3ccccc3)c(C(C)=O)c3ccccc32)C(F)(F)Br)cc1. The summed E-state index contributed by atoms with van der Waals surface area (Å²) in [5.41, 5.74) is 2.15. The van der Waals surface area contributed by atoms with Gasteiger partial charge in [0.2, 0.25) is 0 Å². The first-order chi connectivity index (χ1) is 15.3. The number of fused-ring (bicyclic) bond motifs is 1. The van der Waals surface area contributed by atoms with Crippen molar-refractivity contribution >= 4 is 44.1 Å². The second-order valence-corrected chi connectivity index (χ2v) is 8.13. The fourth-order valence-corrected chi connectivity index (χ4v) is 3.97. The van der Waals surface area contributed by atoms with Crippen LogP contribution in [-0.4, -0.2) is 28.1 Å². The molecule has 0 amide bonds. The third-order valence-electron chi connectivity index (χ3n) is 5.05. The highest BCUT2D eigenvalue weighted by atomic mass is 79.9. The monoisotopic (exact) mass is 496 g/mol. The Bertz CT molecular complexity index is 1310. The highest BCUT2D eigenvalue weighted by Gasteiger charge is 2.37. The van der Waals surface area contributed by atoms with Crippen LogP contribution in [0.1, 0.15) is 17.3 Å².